The van der Waals surface area contributed by atoms with Gasteiger partial charge in [-0.25, -0.2) is 4.79 Å². The van der Waals surface area contributed by atoms with Crippen molar-refractivity contribution in [3.63, 3.8) is 0 Å². The van der Waals surface area contributed by atoms with Gasteiger partial charge < -0.3 is 15.5 Å². The largest absolute Gasteiger partial charge is 0.479 e. The Hall–Kier alpha value is -1.88. The van der Waals surface area contributed by atoms with Gasteiger partial charge in [-0.05, 0) is 75.2 Å². The Balaban J connectivity index is 1.59. The van der Waals surface area contributed by atoms with Crippen LogP contribution < -0.4 is 5.32 Å². The molecule has 5 nitrogen and oxygen atoms in total. The fourth-order valence-corrected chi connectivity index (χ4v) is 6.29. The fourth-order valence-electron chi connectivity index (χ4n) is 6.29. The maximum Gasteiger partial charge on any atom is 0.337 e. The molecule has 27 heavy (non-hydrogen) atoms. The van der Waals surface area contributed by atoms with Crippen molar-refractivity contribution in [2.45, 2.75) is 63.4 Å². The van der Waals surface area contributed by atoms with E-state index in [9.17, 15) is 14.7 Å². The molecule has 5 heteroatoms. The number of aliphatic carboxylic acids is 1. The van der Waals surface area contributed by atoms with Gasteiger partial charge in [-0.3, -0.25) is 4.79 Å². The van der Waals surface area contributed by atoms with E-state index >= 15 is 0 Å². The van der Waals surface area contributed by atoms with Gasteiger partial charge in [-0.15, -0.1) is 0 Å². The number of hydrogen-bond acceptors (Lipinski definition) is 3. The van der Waals surface area contributed by atoms with Gasteiger partial charge >= 0.3 is 5.97 Å². The van der Waals surface area contributed by atoms with E-state index in [1.165, 1.54) is 24.5 Å². The summed E-state index contributed by atoms with van der Waals surface area (Å²) in [7, 11) is 0. The monoisotopic (exact) mass is 371 g/mol. The molecule has 1 aromatic carbocycles. The van der Waals surface area contributed by atoms with Gasteiger partial charge in [0.15, 0.2) is 5.60 Å². The van der Waals surface area contributed by atoms with Crippen LogP contribution in [0.3, 0.4) is 0 Å². The number of aliphatic hydroxyl groups is 1. The van der Waals surface area contributed by atoms with E-state index < -0.39 is 17.0 Å². The quantitative estimate of drug-likeness (QED) is 0.743. The molecule has 3 unspecified atom stereocenters. The molecule has 3 atom stereocenters. The summed E-state index contributed by atoms with van der Waals surface area (Å²) in [6.45, 7) is 3.06. The topological polar surface area (TPSA) is 86.6 Å². The minimum absolute atomic E-state index is 0.0600. The second kappa shape index (κ2) is 6.06. The van der Waals surface area contributed by atoms with Crippen LogP contribution in [0, 0.1) is 24.2 Å². The van der Waals surface area contributed by atoms with Crippen molar-refractivity contribution in [2.24, 2.45) is 17.3 Å². The van der Waals surface area contributed by atoms with Crippen LogP contribution >= 0.6 is 0 Å². The lowest BCUT2D eigenvalue weighted by Crippen LogP contribution is -2.60. The first-order chi connectivity index (χ1) is 12.6. The molecular formula is C22H29NO4. The predicted octanol–water partition coefficient (Wildman–Crippen LogP) is 2.78. The molecule has 5 rings (SSSR count). The summed E-state index contributed by atoms with van der Waals surface area (Å²) in [5, 5.41) is 21.8. The van der Waals surface area contributed by atoms with E-state index in [1.807, 2.05) is 0 Å². The van der Waals surface area contributed by atoms with Gasteiger partial charge in [-0.2, -0.15) is 0 Å². The van der Waals surface area contributed by atoms with Gasteiger partial charge in [0, 0.05) is 0 Å². The molecule has 4 saturated carbocycles. The molecule has 4 bridgehead atoms. The van der Waals surface area contributed by atoms with Crippen LogP contribution in [-0.4, -0.2) is 34.2 Å². The fraction of sp³-hybridized carbons (Fsp3) is 0.636. The number of hydrogen-bond donors (Lipinski definition) is 3. The highest BCUT2D eigenvalue weighted by Gasteiger charge is 2.61. The van der Waals surface area contributed by atoms with Crippen molar-refractivity contribution in [1.82, 2.24) is 5.32 Å². The van der Waals surface area contributed by atoms with Crippen LogP contribution in [0.5, 0.6) is 0 Å². The van der Waals surface area contributed by atoms with Crippen LogP contribution in [0.2, 0.25) is 0 Å². The van der Waals surface area contributed by atoms with Crippen molar-refractivity contribution in [1.29, 1.82) is 0 Å². The summed E-state index contributed by atoms with van der Waals surface area (Å²) in [5.41, 5.74) is 0.282. The van der Waals surface area contributed by atoms with E-state index in [0.717, 1.165) is 32.1 Å². The number of rotatable bonds is 5. The molecule has 0 radical (unpaired) electrons. The maximum absolute atomic E-state index is 13.2. The van der Waals surface area contributed by atoms with Crippen molar-refractivity contribution in [2.75, 3.05) is 6.54 Å². The Kier molecular flexibility index (Phi) is 4.15. The number of carbonyl (C=O) groups is 2. The summed E-state index contributed by atoms with van der Waals surface area (Å²) in [6.07, 6.45) is 6.10. The van der Waals surface area contributed by atoms with E-state index in [2.05, 4.69) is 36.5 Å². The number of carboxylic acids is 1. The minimum Gasteiger partial charge on any atom is -0.479 e. The highest BCUT2D eigenvalue weighted by molar-refractivity contribution is 5.85. The lowest BCUT2D eigenvalue weighted by atomic mass is 9.42. The SMILES string of the molecule is Cc1ccc(C23CC4CC(CC(C(=O)NCC(C)(O)C(=O)O)(C4)C2)C3)cc1. The molecule has 0 aliphatic heterocycles. The van der Waals surface area contributed by atoms with Crippen LogP contribution in [0.25, 0.3) is 0 Å². The van der Waals surface area contributed by atoms with Gasteiger partial charge in [0.1, 0.15) is 0 Å². The average Bonchev–Trinajstić information content (AvgIpc) is 2.59. The molecule has 4 aliphatic rings. The van der Waals surface area contributed by atoms with Crippen molar-refractivity contribution < 1.29 is 19.8 Å². The van der Waals surface area contributed by atoms with Crippen molar-refractivity contribution in [3.05, 3.63) is 35.4 Å². The van der Waals surface area contributed by atoms with Gasteiger partial charge in [0.05, 0.1) is 12.0 Å². The molecule has 0 saturated heterocycles. The molecular weight excluding hydrogens is 342 g/mol. The number of aryl methyl sites for hydroxylation is 1. The van der Waals surface area contributed by atoms with Gasteiger partial charge in [0.2, 0.25) is 5.91 Å². The first-order valence-electron chi connectivity index (χ1n) is 9.95. The van der Waals surface area contributed by atoms with E-state index in [-0.39, 0.29) is 17.9 Å². The summed E-state index contributed by atoms with van der Waals surface area (Å²) < 4.78 is 0. The van der Waals surface area contributed by atoms with Crippen LogP contribution in [0.4, 0.5) is 0 Å². The molecule has 0 heterocycles. The molecule has 146 valence electrons. The number of carboxylic acid groups (broad SMARTS) is 1. The highest BCUT2D eigenvalue weighted by atomic mass is 16.4. The predicted molar refractivity (Wildman–Crippen MR) is 101 cm³/mol. The normalized spacial score (nSPS) is 36.3. The molecule has 0 aromatic heterocycles. The first kappa shape index (κ1) is 18.5. The third-order valence-corrected chi connectivity index (χ3v) is 7.26. The van der Waals surface area contributed by atoms with Crippen LogP contribution in [-0.2, 0) is 15.0 Å². The third kappa shape index (κ3) is 3.06. The first-order valence-corrected chi connectivity index (χ1v) is 9.95. The zero-order chi connectivity index (χ0) is 19.4. The number of carbonyl (C=O) groups excluding carboxylic acids is 1. The second-order valence-corrected chi connectivity index (χ2v) is 9.65. The maximum atomic E-state index is 13.2. The summed E-state index contributed by atoms with van der Waals surface area (Å²) in [5.74, 6) is -0.282. The second-order valence-electron chi connectivity index (χ2n) is 9.65. The van der Waals surface area contributed by atoms with Crippen molar-refractivity contribution in [3.8, 4) is 0 Å². The summed E-state index contributed by atoms with van der Waals surface area (Å²) in [4.78, 5) is 24.3. The number of benzene rings is 1. The number of nitrogens with one attached hydrogen (secondary N) is 1. The van der Waals surface area contributed by atoms with Crippen molar-refractivity contribution >= 4 is 11.9 Å². The summed E-state index contributed by atoms with van der Waals surface area (Å²) in [6, 6.07) is 8.77. The summed E-state index contributed by atoms with van der Waals surface area (Å²) >= 11 is 0. The van der Waals surface area contributed by atoms with Crippen LogP contribution in [0.15, 0.2) is 24.3 Å². The van der Waals surface area contributed by atoms with Gasteiger partial charge in [0.25, 0.3) is 0 Å². The Morgan fingerprint density at radius 3 is 2.30 bits per heavy atom. The lowest BCUT2D eigenvalue weighted by Gasteiger charge is -2.61. The Morgan fingerprint density at radius 1 is 1.15 bits per heavy atom. The van der Waals surface area contributed by atoms with Crippen LogP contribution in [0.1, 0.15) is 56.6 Å². The standard InChI is InChI=1S/C22H29NO4/c1-14-3-5-17(6-4-14)21-8-15-7-16(9-21)11-22(10-15,12-21)18(24)23-13-20(2,27)19(25)26/h3-6,15-16,27H,7-13H2,1-2H3,(H,23,24)(H,25,26). The molecule has 4 aliphatic carbocycles. The highest BCUT2D eigenvalue weighted by Crippen LogP contribution is 2.65. The third-order valence-electron chi connectivity index (χ3n) is 7.26. The van der Waals surface area contributed by atoms with E-state index in [0.29, 0.717) is 11.8 Å². The zero-order valence-corrected chi connectivity index (χ0v) is 16.1. The Labute approximate surface area is 160 Å². The zero-order valence-electron chi connectivity index (χ0n) is 16.1. The number of amides is 1. The Bertz CT molecular complexity index is 753. The molecule has 1 amide bonds. The molecule has 0 spiro atoms. The smallest absolute Gasteiger partial charge is 0.337 e. The Morgan fingerprint density at radius 2 is 1.74 bits per heavy atom. The lowest BCUT2D eigenvalue weighted by molar-refractivity contribution is -0.158. The van der Waals surface area contributed by atoms with Gasteiger partial charge in [-0.1, -0.05) is 29.8 Å². The molecule has 1 aromatic rings. The molecule has 3 N–H and O–H groups in total. The minimum atomic E-state index is -1.94. The van der Waals surface area contributed by atoms with E-state index in [1.54, 1.807) is 0 Å². The average molecular weight is 371 g/mol. The van der Waals surface area contributed by atoms with E-state index in [4.69, 9.17) is 5.11 Å². The molecule has 4 fully saturated rings.